The number of fused-ring (bicyclic) bond motifs is 1. The van der Waals surface area contributed by atoms with E-state index in [4.69, 9.17) is 0 Å². The summed E-state index contributed by atoms with van der Waals surface area (Å²) in [6, 6.07) is 12.7. The molecule has 1 N–H and O–H groups in total. The number of hydrogen-bond donors (Lipinski definition) is 1. The summed E-state index contributed by atoms with van der Waals surface area (Å²) in [6.07, 6.45) is 3.45. The van der Waals surface area contributed by atoms with Crippen LogP contribution in [0.5, 0.6) is 0 Å². The molecular formula is C26H31N3O4S. The molecule has 0 unspecified atom stereocenters. The second kappa shape index (κ2) is 9.62. The molecule has 7 nitrogen and oxygen atoms in total. The molecule has 0 saturated carbocycles. The maximum Gasteiger partial charge on any atom is 0.242 e. The summed E-state index contributed by atoms with van der Waals surface area (Å²) in [5, 5.41) is 3.23. The van der Waals surface area contributed by atoms with Gasteiger partial charge in [0.25, 0.3) is 0 Å². The van der Waals surface area contributed by atoms with E-state index < -0.39 is 21.5 Å². The number of likely N-dealkylation sites (tertiary alicyclic amines) is 1. The lowest BCUT2D eigenvalue weighted by molar-refractivity contribution is -0.133. The summed E-state index contributed by atoms with van der Waals surface area (Å²) in [7, 11) is -3.93. The Kier molecular flexibility index (Phi) is 6.79. The summed E-state index contributed by atoms with van der Waals surface area (Å²) in [6.45, 7) is 7.53. The first-order chi connectivity index (χ1) is 16.1. The van der Waals surface area contributed by atoms with E-state index >= 15 is 0 Å². The summed E-state index contributed by atoms with van der Waals surface area (Å²) in [5.41, 5.74) is 3.18. The Bertz CT molecular complexity index is 1340. The zero-order chi connectivity index (χ0) is 24.5. The van der Waals surface area contributed by atoms with Gasteiger partial charge in [0.1, 0.15) is 12.3 Å². The molecule has 0 spiro atoms. The average Bonchev–Trinajstić information content (AvgIpc) is 3.15. The number of carbonyl (C=O) groups excluding carboxylic acids is 2. The number of nitrogens with one attached hydrogen (secondary N) is 1. The van der Waals surface area contributed by atoms with Crippen molar-refractivity contribution in [1.29, 1.82) is 0 Å². The molecule has 1 aliphatic heterocycles. The molecule has 1 aromatic heterocycles. The number of anilines is 1. The Balaban J connectivity index is 1.56. The van der Waals surface area contributed by atoms with Crippen LogP contribution in [0.2, 0.25) is 0 Å². The molecule has 1 aliphatic rings. The number of sulfone groups is 1. The maximum absolute atomic E-state index is 13.3. The van der Waals surface area contributed by atoms with Gasteiger partial charge in [0.15, 0.2) is 9.84 Å². The number of aryl methyl sites for hydroxylation is 2. The van der Waals surface area contributed by atoms with Gasteiger partial charge in [-0.3, -0.25) is 9.59 Å². The van der Waals surface area contributed by atoms with Gasteiger partial charge < -0.3 is 14.8 Å². The number of para-hydroxylation sites is 1. The maximum atomic E-state index is 13.3. The lowest BCUT2D eigenvalue weighted by Crippen LogP contribution is -2.39. The number of hydrogen-bond acceptors (Lipinski definition) is 4. The molecule has 2 heterocycles. The van der Waals surface area contributed by atoms with Gasteiger partial charge in [0, 0.05) is 35.9 Å². The van der Waals surface area contributed by atoms with Crippen molar-refractivity contribution in [3.63, 3.8) is 0 Å². The predicted octanol–water partition coefficient (Wildman–Crippen LogP) is 3.93. The van der Waals surface area contributed by atoms with Gasteiger partial charge in [-0.1, -0.05) is 42.8 Å². The first-order valence-corrected chi connectivity index (χ1v) is 13.2. The number of piperidine rings is 1. The van der Waals surface area contributed by atoms with Crippen molar-refractivity contribution in [1.82, 2.24) is 9.47 Å². The second-order valence-electron chi connectivity index (χ2n) is 9.33. The first kappa shape index (κ1) is 24.0. The van der Waals surface area contributed by atoms with Crippen molar-refractivity contribution in [2.24, 2.45) is 5.92 Å². The smallest absolute Gasteiger partial charge is 0.242 e. The third-order valence-electron chi connectivity index (χ3n) is 6.51. The van der Waals surface area contributed by atoms with Crippen molar-refractivity contribution < 1.29 is 18.0 Å². The van der Waals surface area contributed by atoms with Crippen LogP contribution < -0.4 is 5.32 Å². The minimum absolute atomic E-state index is 0.0239. The zero-order valence-corrected chi connectivity index (χ0v) is 20.7. The Morgan fingerprint density at radius 1 is 1.06 bits per heavy atom. The minimum atomic E-state index is -3.93. The molecule has 2 aromatic carbocycles. The van der Waals surface area contributed by atoms with E-state index in [1.54, 1.807) is 28.8 Å². The van der Waals surface area contributed by atoms with Crippen molar-refractivity contribution in [3.8, 4) is 0 Å². The zero-order valence-electron chi connectivity index (χ0n) is 19.9. The van der Waals surface area contributed by atoms with E-state index in [-0.39, 0.29) is 17.3 Å². The fraction of sp³-hybridized carbons (Fsp3) is 0.385. The van der Waals surface area contributed by atoms with Gasteiger partial charge in [-0.15, -0.1) is 0 Å². The molecule has 2 amide bonds. The number of nitrogens with zero attached hydrogens (tertiary/aromatic N) is 2. The number of aromatic nitrogens is 1. The van der Waals surface area contributed by atoms with Crippen molar-refractivity contribution in [3.05, 3.63) is 59.8 Å². The summed E-state index contributed by atoms with van der Waals surface area (Å²) >= 11 is 0. The first-order valence-electron chi connectivity index (χ1n) is 11.6. The van der Waals surface area contributed by atoms with E-state index in [1.165, 1.54) is 6.20 Å². The van der Waals surface area contributed by atoms with E-state index in [0.717, 1.165) is 37.1 Å². The summed E-state index contributed by atoms with van der Waals surface area (Å²) in [4.78, 5) is 27.5. The molecule has 1 fully saturated rings. The average molecular weight is 482 g/mol. The van der Waals surface area contributed by atoms with Crippen LogP contribution in [-0.2, 0) is 26.0 Å². The van der Waals surface area contributed by atoms with Crippen LogP contribution >= 0.6 is 0 Å². The fourth-order valence-corrected chi connectivity index (χ4v) is 5.85. The highest BCUT2D eigenvalue weighted by atomic mass is 32.2. The SMILES string of the molecule is Cc1ccc(NC(=O)CS(=O)(=O)c2cn(CC(=O)N3CCC(C)CC3)c3ccccc23)c(C)c1. The third kappa shape index (κ3) is 5.17. The molecule has 1 saturated heterocycles. The van der Waals surface area contributed by atoms with Gasteiger partial charge in [-0.2, -0.15) is 0 Å². The van der Waals surface area contributed by atoms with Gasteiger partial charge >= 0.3 is 0 Å². The minimum Gasteiger partial charge on any atom is -0.341 e. The molecule has 0 bridgehead atoms. The Hall–Kier alpha value is -3.13. The predicted molar refractivity (Wildman–Crippen MR) is 134 cm³/mol. The molecule has 8 heteroatoms. The largest absolute Gasteiger partial charge is 0.341 e. The third-order valence-corrected chi connectivity index (χ3v) is 8.14. The highest BCUT2D eigenvalue weighted by molar-refractivity contribution is 7.92. The quantitative estimate of drug-likeness (QED) is 0.578. The molecule has 34 heavy (non-hydrogen) atoms. The van der Waals surface area contributed by atoms with Gasteiger partial charge in [-0.05, 0) is 50.3 Å². The van der Waals surface area contributed by atoms with Gasteiger partial charge in [0.2, 0.25) is 11.8 Å². The van der Waals surface area contributed by atoms with Crippen molar-refractivity contribution in [2.45, 2.75) is 45.1 Å². The highest BCUT2D eigenvalue weighted by Gasteiger charge is 2.26. The van der Waals surface area contributed by atoms with Crippen LogP contribution in [0.15, 0.2) is 53.6 Å². The molecule has 3 aromatic rings. The topological polar surface area (TPSA) is 88.5 Å². The summed E-state index contributed by atoms with van der Waals surface area (Å²) < 4.78 is 28.2. The number of carbonyl (C=O) groups is 2. The molecular weight excluding hydrogens is 450 g/mol. The molecule has 0 aliphatic carbocycles. The van der Waals surface area contributed by atoms with Crippen molar-refractivity contribution >= 4 is 38.2 Å². The number of rotatable bonds is 6. The van der Waals surface area contributed by atoms with Crippen LogP contribution in [0.4, 0.5) is 5.69 Å². The molecule has 0 atom stereocenters. The Morgan fingerprint density at radius 3 is 2.47 bits per heavy atom. The van der Waals surface area contributed by atoms with Crippen LogP contribution in [0.3, 0.4) is 0 Å². The molecule has 0 radical (unpaired) electrons. The lowest BCUT2D eigenvalue weighted by Gasteiger charge is -2.30. The fourth-order valence-electron chi connectivity index (χ4n) is 4.49. The monoisotopic (exact) mass is 481 g/mol. The highest BCUT2D eigenvalue weighted by Crippen LogP contribution is 2.27. The van der Waals surface area contributed by atoms with Crippen LogP contribution in [0.25, 0.3) is 10.9 Å². The van der Waals surface area contributed by atoms with Crippen molar-refractivity contribution in [2.75, 3.05) is 24.2 Å². The van der Waals surface area contributed by atoms with Crippen LogP contribution in [0.1, 0.15) is 30.9 Å². The van der Waals surface area contributed by atoms with E-state index in [9.17, 15) is 18.0 Å². The van der Waals surface area contributed by atoms with E-state index in [2.05, 4.69) is 12.2 Å². The van der Waals surface area contributed by atoms with Crippen LogP contribution in [-0.4, -0.2) is 48.5 Å². The lowest BCUT2D eigenvalue weighted by atomic mass is 9.99. The number of amides is 2. The normalized spacial score (nSPS) is 15.0. The summed E-state index contributed by atoms with van der Waals surface area (Å²) in [5.74, 6) is -0.679. The second-order valence-corrected chi connectivity index (χ2v) is 11.3. The standard InChI is InChI=1S/C26H31N3O4S/c1-18-10-12-28(13-11-18)26(31)16-29-15-24(21-6-4-5-7-23(21)29)34(32,33)17-25(30)27-22-9-8-19(2)14-20(22)3/h4-9,14-15,18H,10-13,16-17H2,1-3H3,(H,27,30). The Morgan fingerprint density at radius 2 is 1.76 bits per heavy atom. The number of benzene rings is 2. The van der Waals surface area contributed by atoms with Gasteiger partial charge in [0.05, 0.1) is 4.90 Å². The molecule has 180 valence electrons. The Labute approximate surface area is 200 Å². The van der Waals surface area contributed by atoms with E-state index in [1.807, 2.05) is 36.9 Å². The molecule has 4 rings (SSSR count). The van der Waals surface area contributed by atoms with E-state index in [0.29, 0.717) is 22.5 Å². The van der Waals surface area contributed by atoms with Crippen LogP contribution in [0, 0.1) is 19.8 Å². The van der Waals surface area contributed by atoms with Gasteiger partial charge in [-0.25, -0.2) is 8.42 Å².